The second-order valence-corrected chi connectivity index (χ2v) is 12.7. The SMILES string of the molecule is COC(=O)c1c(NS(=O)c2ccc(F)cc2C/C=C2\CCCN(C(=O)OC(C)(C)C)C2)ccc2c1OC[C@@H]1C[C@H]21. The van der Waals surface area contributed by atoms with Crippen molar-refractivity contribution in [1.29, 1.82) is 0 Å². The highest BCUT2D eigenvalue weighted by molar-refractivity contribution is 7.86. The number of carbonyl (C=O) groups is 2. The molecule has 2 aromatic carbocycles. The van der Waals surface area contributed by atoms with Gasteiger partial charge in [0, 0.05) is 19.0 Å². The van der Waals surface area contributed by atoms with Crippen molar-refractivity contribution in [3.05, 3.63) is 64.5 Å². The van der Waals surface area contributed by atoms with E-state index in [9.17, 15) is 18.2 Å². The second-order valence-electron chi connectivity index (χ2n) is 11.5. The van der Waals surface area contributed by atoms with E-state index >= 15 is 0 Å². The van der Waals surface area contributed by atoms with E-state index in [0.29, 0.717) is 59.8 Å². The molecule has 0 bridgehead atoms. The highest BCUT2D eigenvalue weighted by atomic mass is 32.2. The normalized spacial score (nSPS) is 21.5. The summed E-state index contributed by atoms with van der Waals surface area (Å²) in [6, 6.07) is 7.75. The van der Waals surface area contributed by atoms with Crippen LogP contribution in [0.3, 0.4) is 0 Å². The number of nitrogens with one attached hydrogen (secondary N) is 1. The molecular weight excluding hydrogens is 535 g/mol. The van der Waals surface area contributed by atoms with Crippen LogP contribution in [-0.2, 0) is 26.9 Å². The number of hydrogen-bond donors (Lipinski definition) is 1. The number of carbonyl (C=O) groups excluding carboxylic acids is 2. The Kier molecular flexibility index (Phi) is 7.90. The lowest BCUT2D eigenvalue weighted by Gasteiger charge is -2.31. The van der Waals surface area contributed by atoms with Gasteiger partial charge in [0.2, 0.25) is 0 Å². The van der Waals surface area contributed by atoms with E-state index in [0.717, 1.165) is 30.4 Å². The van der Waals surface area contributed by atoms with Crippen molar-refractivity contribution >= 4 is 28.7 Å². The fourth-order valence-corrected chi connectivity index (χ4v) is 6.34. The maximum absolute atomic E-state index is 14.3. The number of anilines is 1. The molecule has 1 saturated heterocycles. The number of allylic oxidation sites excluding steroid dienone is 1. The molecule has 1 amide bonds. The quantitative estimate of drug-likeness (QED) is 0.352. The zero-order valence-corrected chi connectivity index (χ0v) is 24.1. The van der Waals surface area contributed by atoms with Gasteiger partial charge in [0.15, 0.2) is 11.0 Å². The Morgan fingerprint density at radius 3 is 2.80 bits per heavy atom. The Labute approximate surface area is 236 Å². The van der Waals surface area contributed by atoms with Crippen LogP contribution in [0.1, 0.15) is 67.4 Å². The number of fused-ring (bicyclic) bond motifs is 3. The summed E-state index contributed by atoms with van der Waals surface area (Å²) in [6.45, 7) is 7.08. The molecule has 3 atom stereocenters. The van der Waals surface area contributed by atoms with Gasteiger partial charge in [-0.1, -0.05) is 17.7 Å². The topological polar surface area (TPSA) is 94.2 Å². The van der Waals surface area contributed by atoms with Gasteiger partial charge in [-0.2, -0.15) is 0 Å². The zero-order valence-electron chi connectivity index (χ0n) is 23.3. The average molecular weight is 571 g/mol. The van der Waals surface area contributed by atoms with E-state index in [1.807, 2.05) is 32.9 Å². The van der Waals surface area contributed by atoms with Crippen LogP contribution < -0.4 is 9.46 Å². The van der Waals surface area contributed by atoms with E-state index < -0.39 is 28.4 Å². The third-order valence-electron chi connectivity index (χ3n) is 7.35. The van der Waals surface area contributed by atoms with Crippen molar-refractivity contribution in [1.82, 2.24) is 4.90 Å². The molecule has 1 aliphatic carbocycles. The Balaban J connectivity index is 1.35. The van der Waals surface area contributed by atoms with Gasteiger partial charge >= 0.3 is 12.1 Å². The smallest absolute Gasteiger partial charge is 0.410 e. The number of ether oxygens (including phenoxy) is 3. The molecule has 3 aliphatic rings. The molecule has 2 fully saturated rings. The first-order valence-corrected chi connectivity index (χ1v) is 14.7. The van der Waals surface area contributed by atoms with Crippen LogP contribution in [0.2, 0.25) is 0 Å². The molecule has 0 spiro atoms. The molecule has 40 heavy (non-hydrogen) atoms. The average Bonchev–Trinajstić information content (AvgIpc) is 3.71. The number of benzene rings is 2. The van der Waals surface area contributed by atoms with Crippen molar-refractivity contribution in [3.8, 4) is 5.75 Å². The molecule has 5 rings (SSSR count). The van der Waals surface area contributed by atoms with E-state index in [-0.39, 0.29) is 11.7 Å². The minimum atomic E-state index is -1.81. The monoisotopic (exact) mass is 570 g/mol. The number of halogens is 1. The molecule has 2 aliphatic heterocycles. The molecule has 2 aromatic rings. The van der Waals surface area contributed by atoms with Gasteiger partial charge in [0.1, 0.15) is 22.7 Å². The Morgan fingerprint density at radius 1 is 1.25 bits per heavy atom. The largest absolute Gasteiger partial charge is 0.492 e. The number of methoxy groups -OCH3 is 1. The molecule has 0 aromatic heterocycles. The Hall–Kier alpha value is -3.40. The lowest BCUT2D eigenvalue weighted by Crippen LogP contribution is -2.40. The van der Waals surface area contributed by atoms with Crippen LogP contribution in [0.4, 0.5) is 14.9 Å². The van der Waals surface area contributed by atoms with Crippen LogP contribution in [0.5, 0.6) is 5.75 Å². The van der Waals surface area contributed by atoms with Crippen molar-refractivity contribution < 1.29 is 32.4 Å². The minimum Gasteiger partial charge on any atom is -0.492 e. The third-order valence-corrected chi connectivity index (χ3v) is 8.55. The fourth-order valence-electron chi connectivity index (χ4n) is 5.29. The fraction of sp³-hybridized carbons (Fsp3) is 0.467. The summed E-state index contributed by atoms with van der Waals surface area (Å²) in [6.07, 6.45) is 4.57. The van der Waals surface area contributed by atoms with Gasteiger partial charge in [-0.05, 0) is 87.8 Å². The number of amides is 1. The van der Waals surface area contributed by atoms with E-state index in [1.54, 1.807) is 11.0 Å². The van der Waals surface area contributed by atoms with E-state index in [4.69, 9.17) is 14.2 Å². The predicted octanol–water partition coefficient (Wildman–Crippen LogP) is 5.74. The van der Waals surface area contributed by atoms with Gasteiger partial charge in [-0.15, -0.1) is 0 Å². The second kappa shape index (κ2) is 11.2. The van der Waals surface area contributed by atoms with E-state index in [1.165, 1.54) is 25.3 Å². The molecule has 8 nitrogen and oxygen atoms in total. The molecule has 2 heterocycles. The zero-order chi connectivity index (χ0) is 28.6. The first-order chi connectivity index (χ1) is 19.0. The number of nitrogens with zero attached hydrogens (tertiary/aromatic N) is 1. The highest BCUT2D eigenvalue weighted by Crippen LogP contribution is 2.55. The summed E-state index contributed by atoms with van der Waals surface area (Å²) in [5.41, 5.74) is 2.51. The van der Waals surface area contributed by atoms with E-state index in [2.05, 4.69) is 4.72 Å². The highest BCUT2D eigenvalue weighted by Gasteiger charge is 2.45. The van der Waals surface area contributed by atoms with Crippen molar-refractivity contribution in [3.63, 3.8) is 0 Å². The maximum atomic E-state index is 14.3. The summed E-state index contributed by atoms with van der Waals surface area (Å²) in [5, 5.41) is 0. The maximum Gasteiger partial charge on any atom is 0.410 e. The molecule has 214 valence electrons. The van der Waals surface area contributed by atoms with Crippen LogP contribution in [0.25, 0.3) is 0 Å². The van der Waals surface area contributed by atoms with Gasteiger partial charge in [0.05, 0.1) is 24.3 Å². The van der Waals surface area contributed by atoms with Gasteiger partial charge < -0.3 is 23.8 Å². The summed E-state index contributed by atoms with van der Waals surface area (Å²) in [7, 11) is -0.510. The lowest BCUT2D eigenvalue weighted by atomic mass is 10.0. The number of rotatable bonds is 6. The van der Waals surface area contributed by atoms with Crippen LogP contribution in [0.15, 0.2) is 46.9 Å². The number of piperidine rings is 1. The standard InChI is InChI=1S/C30H35FN2O6S/c1-30(2,3)39-29(35)33-13-5-6-18(16-33)7-8-19-14-21(31)9-12-25(19)40(36)32-24-11-10-22-23-15-20(23)17-38-27(22)26(24)28(34)37-4/h7,9-12,14,20,23,32H,5-6,8,13,15-17H2,1-4H3/b18-7+/t20-,23-,40?/m0/s1. The molecule has 1 unspecified atom stereocenters. The predicted molar refractivity (Wildman–Crippen MR) is 149 cm³/mol. The molecule has 1 saturated carbocycles. The first-order valence-electron chi connectivity index (χ1n) is 13.5. The summed E-state index contributed by atoms with van der Waals surface area (Å²) in [4.78, 5) is 27.4. The first kappa shape index (κ1) is 28.1. The van der Waals surface area contributed by atoms with Gasteiger partial charge in [-0.25, -0.2) is 18.2 Å². The van der Waals surface area contributed by atoms with Crippen molar-refractivity contribution in [2.45, 2.75) is 62.9 Å². The lowest BCUT2D eigenvalue weighted by molar-refractivity contribution is 0.0246. The van der Waals surface area contributed by atoms with Gasteiger partial charge in [-0.3, -0.25) is 0 Å². The number of esters is 1. The van der Waals surface area contributed by atoms with Gasteiger partial charge in [0.25, 0.3) is 0 Å². The Bertz CT molecular complexity index is 1380. The minimum absolute atomic E-state index is 0.217. The van der Waals surface area contributed by atoms with Crippen LogP contribution in [0, 0.1) is 11.7 Å². The van der Waals surface area contributed by atoms with Crippen LogP contribution >= 0.6 is 0 Å². The third kappa shape index (κ3) is 6.16. The number of likely N-dealkylation sites (tertiary alicyclic amines) is 1. The summed E-state index contributed by atoms with van der Waals surface area (Å²) in [5.74, 6) is 0.302. The number of hydrogen-bond acceptors (Lipinski definition) is 6. The molecule has 10 heteroatoms. The summed E-state index contributed by atoms with van der Waals surface area (Å²) >= 11 is 0. The van der Waals surface area contributed by atoms with Crippen molar-refractivity contribution in [2.24, 2.45) is 5.92 Å². The summed E-state index contributed by atoms with van der Waals surface area (Å²) < 4.78 is 47.3. The molecule has 0 radical (unpaired) electrons. The molecule has 1 N–H and O–H groups in total. The van der Waals surface area contributed by atoms with Crippen molar-refractivity contribution in [2.75, 3.05) is 31.5 Å². The molecular formula is C30H35FN2O6S. The van der Waals surface area contributed by atoms with Crippen LogP contribution in [-0.4, -0.2) is 53.6 Å². The Morgan fingerprint density at radius 2 is 2.05 bits per heavy atom.